The van der Waals surface area contributed by atoms with E-state index in [4.69, 9.17) is 4.74 Å². The van der Waals surface area contributed by atoms with Gasteiger partial charge in [-0.15, -0.1) is 0 Å². The third-order valence-corrected chi connectivity index (χ3v) is 6.67. The summed E-state index contributed by atoms with van der Waals surface area (Å²) in [7, 11) is -3.31. The van der Waals surface area contributed by atoms with Crippen LogP contribution in [-0.4, -0.2) is 42.6 Å². The summed E-state index contributed by atoms with van der Waals surface area (Å²) in [6.45, 7) is 3.79. The Morgan fingerprint density at radius 3 is 2.93 bits per heavy atom. The number of benzene rings is 1. The van der Waals surface area contributed by atoms with E-state index < -0.39 is 10.0 Å². The van der Waals surface area contributed by atoms with Gasteiger partial charge in [0.15, 0.2) is 5.82 Å². The topological polar surface area (TPSA) is 125 Å². The molecule has 4 rings (SSSR count). The Hall–Kier alpha value is -2.75. The van der Waals surface area contributed by atoms with Gasteiger partial charge in [-0.2, -0.15) is 5.10 Å². The number of aryl methyl sites for hydroxylation is 1. The van der Waals surface area contributed by atoms with Crippen molar-refractivity contribution >= 4 is 33.3 Å². The number of para-hydroxylation sites is 1. The number of hydrogen-bond acceptors (Lipinski definition) is 6. The Morgan fingerprint density at radius 2 is 2.13 bits per heavy atom. The van der Waals surface area contributed by atoms with Crippen LogP contribution < -0.4 is 15.4 Å². The predicted octanol–water partition coefficient (Wildman–Crippen LogP) is 3.22. The molecule has 0 spiro atoms. The maximum Gasteiger partial charge on any atom is 0.407 e. The fourth-order valence-corrected chi connectivity index (χ4v) is 5.13. The first-order valence-corrected chi connectivity index (χ1v) is 11.9. The van der Waals surface area contributed by atoms with E-state index in [-0.39, 0.29) is 29.9 Å². The van der Waals surface area contributed by atoms with Crippen LogP contribution in [-0.2, 0) is 21.2 Å². The summed E-state index contributed by atoms with van der Waals surface area (Å²) in [5.41, 5.74) is 3.19. The van der Waals surface area contributed by atoms with Crippen molar-refractivity contribution in [2.75, 3.05) is 15.8 Å². The van der Waals surface area contributed by atoms with Crippen molar-refractivity contribution in [2.45, 2.75) is 57.6 Å². The molecule has 4 N–H and O–H groups in total. The molecular weight excluding hydrogens is 406 g/mol. The van der Waals surface area contributed by atoms with E-state index >= 15 is 0 Å². The highest BCUT2D eigenvalue weighted by Crippen LogP contribution is 2.37. The van der Waals surface area contributed by atoms with Crippen LogP contribution in [0, 0.1) is 0 Å². The molecule has 30 heavy (non-hydrogen) atoms. The summed E-state index contributed by atoms with van der Waals surface area (Å²) >= 11 is 0. The zero-order valence-corrected chi connectivity index (χ0v) is 17.9. The zero-order chi connectivity index (χ0) is 21.3. The Labute approximate surface area is 176 Å². The molecule has 2 heterocycles. The summed E-state index contributed by atoms with van der Waals surface area (Å²) in [6.07, 6.45) is 2.46. The number of sulfonamides is 1. The van der Waals surface area contributed by atoms with Gasteiger partial charge in [-0.3, -0.25) is 9.82 Å². The van der Waals surface area contributed by atoms with Crippen LogP contribution in [0.4, 0.5) is 22.0 Å². The van der Waals surface area contributed by atoms with Gasteiger partial charge in [0.1, 0.15) is 6.10 Å². The number of ether oxygens (including phenoxy) is 1. The van der Waals surface area contributed by atoms with Crippen LogP contribution in [0.5, 0.6) is 0 Å². The SMILES string of the molecule is CC(C)NC(=O)OC1CC[C@H](c2cc(Nc3cccc4c3NS(=O)(=O)CC4)n[nH]2)C1. The number of rotatable bonds is 5. The predicted molar refractivity (Wildman–Crippen MR) is 115 cm³/mol. The first-order chi connectivity index (χ1) is 14.3. The highest BCUT2D eigenvalue weighted by atomic mass is 32.2. The van der Waals surface area contributed by atoms with Gasteiger partial charge in [-0.1, -0.05) is 12.1 Å². The average Bonchev–Trinajstić information content (AvgIpc) is 3.30. The third kappa shape index (κ3) is 4.69. The second kappa shape index (κ2) is 8.17. The third-order valence-electron chi connectivity index (χ3n) is 5.41. The fourth-order valence-electron chi connectivity index (χ4n) is 3.98. The highest BCUT2D eigenvalue weighted by molar-refractivity contribution is 7.92. The van der Waals surface area contributed by atoms with E-state index in [1.54, 1.807) is 0 Å². The van der Waals surface area contributed by atoms with Crippen LogP contribution in [0.25, 0.3) is 0 Å². The molecule has 162 valence electrons. The van der Waals surface area contributed by atoms with Gasteiger partial charge < -0.3 is 15.4 Å². The second-order valence-corrected chi connectivity index (χ2v) is 10.0. The Bertz CT molecular complexity index is 1030. The lowest BCUT2D eigenvalue weighted by Crippen LogP contribution is -2.33. The summed E-state index contributed by atoms with van der Waals surface area (Å²) in [5.74, 6) is 0.939. The lowest BCUT2D eigenvalue weighted by Gasteiger charge is -2.21. The molecule has 1 fully saturated rings. The van der Waals surface area contributed by atoms with Crippen molar-refractivity contribution in [2.24, 2.45) is 0 Å². The lowest BCUT2D eigenvalue weighted by atomic mass is 10.0. The zero-order valence-electron chi connectivity index (χ0n) is 17.1. The van der Waals surface area contributed by atoms with Crippen LogP contribution in [0.15, 0.2) is 24.3 Å². The van der Waals surface area contributed by atoms with E-state index in [1.165, 1.54) is 0 Å². The number of hydrogen-bond donors (Lipinski definition) is 4. The second-order valence-electron chi connectivity index (χ2n) is 8.18. The number of nitrogens with zero attached hydrogens (tertiary/aromatic N) is 1. The molecule has 0 bridgehead atoms. The molecule has 1 saturated carbocycles. The van der Waals surface area contributed by atoms with Crippen molar-refractivity contribution in [1.29, 1.82) is 0 Å². The highest BCUT2D eigenvalue weighted by Gasteiger charge is 2.30. The molecule has 1 aromatic heterocycles. The van der Waals surface area contributed by atoms with E-state index in [0.29, 0.717) is 23.6 Å². The first kappa shape index (κ1) is 20.5. The number of H-pyrrole nitrogens is 1. The average molecular weight is 434 g/mol. The molecule has 2 aromatic rings. The van der Waals surface area contributed by atoms with Gasteiger partial charge in [-0.05, 0) is 51.2 Å². The van der Waals surface area contributed by atoms with Crippen molar-refractivity contribution in [3.63, 3.8) is 0 Å². The quantitative estimate of drug-likeness (QED) is 0.574. The van der Waals surface area contributed by atoms with Crippen LogP contribution >= 0.6 is 0 Å². The van der Waals surface area contributed by atoms with E-state index in [0.717, 1.165) is 30.5 Å². The van der Waals surface area contributed by atoms with Crippen LogP contribution in [0.1, 0.15) is 50.3 Å². The van der Waals surface area contributed by atoms with Crippen molar-refractivity contribution in [3.8, 4) is 0 Å². The fraction of sp³-hybridized carbons (Fsp3) is 0.500. The molecule has 1 unspecified atom stereocenters. The number of carbonyl (C=O) groups excluding carboxylic acids is 1. The normalized spacial score (nSPS) is 22.2. The number of alkyl carbamates (subject to hydrolysis) is 1. The molecule has 2 atom stereocenters. The molecule has 0 saturated heterocycles. The molecular formula is C20H27N5O4S. The minimum atomic E-state index is -3.31. The van der Waals surface area contributed by atoms with Gasteiger partial charge in [0, 0.05) is 23.7 Å². The largest absolute Gasteiger partial charge is 0.446 e. The van der Waals surface area contributed by atoms with Gasteiger partial charge in [0.2, 0.25) is 10.0 Å². The maximum absolute atomic E-state index is 12.0. The van der Waals surface area contributed by atoms with Crippen molar-refractivity contribution in [1.82, 2.24) is 15.5 Å². The summed E-state index contributed by atoms with van der Waals surface area (Å²) < 4.78 is 32.1. The summed E-state index contributed by atoms with van der Waals surface area (Å²) in [4.78, 5) is 11.8. The van der Waals surface area contributed by atoms with Gasteiger partial charge in [0.05, 0.1) is 17.1 Å². The minimum absolute atomic E-state index is 0.0455. The van der Waals surface area contributed by atoms with Crippen molar-refractivity contribution in [3.05, 3.63) is 35.5 Å². The molecule has 1 aromatic carbocycles. The summed E-state index contributed by atoms with van der Waals surface area (Å²) in [5, 5.41) is 13.4. The summed E-state index contributed by atoms with van der Waals surface area (Å²) in [6, 6.07) is 7.62. The molecule has 1 amide bonds. The minimum Gasteiger partial charge on any atom is -0.446 e. The van der Waals surface area contributed by atoms with Gasteiger partial charge in [-0.25, -0.2) is 13.2 Å². The van der Waals surface area contributed by atoms with Gasteiger partial charge in [0.25, 0.3) is 0 Å². The standard InChI is InChI=1S/C20H27N5O4S/c1-12(2)21-20(26)29-15-7-6-14(10-15)17-11-18(24-23-17)22-16-5-3-4-13-8-9-30(27,28)25-19(13)16/h3-5,11-12,14-15,25H,6-10H2,1-2H3,(H,21,26)(H2,22,23,24)/t14-,15?/m0/s1. The number of aromatic amines is 1. The number of nitrogens with one attached hydrogen (secondary N) is 4. The van der Waals surface area contributed by atoms with E-state index in [1.807, 2.05) is 38.1 Å². The molecule has 10 heteroatoms. The lowest BCUT2D eigenvalue weighted by molar-refractivity contribution is 0.0981. The number of amides is 1. The van der Waals surface area contributed by atoms with Crippen molar-refractivity contribution < 1.29 is 17.9 Å². The Morgan fingerprint density at radius 1 is 1.30 bits per heavy atom. The number of carbonyl (C=O) groups is 1. The molecule has 0 radical (unpaired) electrons. The van der Waals surface area contributed by atoms with Crippen LogP contribution in [0.3, 0.4) is 0 Å². The maximum atomic E-state index is 12.0. The number of fused-ring (bicyclic) bond motifs is 1. The number of anilines is 3. The van der Waals surface area contributed by atoms with Gasteiger partial charge >= 0.3 is 6.09 Å². The molecule has 1 aliphatic carbocycles. The van der Waals surface area contributed by atoms with E-state index in [2.05, 4.69) is 25.6 Å². The number of aromatic nitrogens is 2. The van der Waals surface area contributed by atoms with Crippen LogP contribution in [0.2, 0.25) is 0 Å². The monoisotopic (exact) mass is 433 g/mol. The Kier molecular flexibility index (Phi) is 5.59. The molecule has 9 nitrogen and oxygen atoms in total. The molecule has 2 aliphatic rings. The first-order valence-electron chi connectivity index (χ1n) is 10.2. The smallest absolute Gasteiger partial charge is 0.407 e. The Balaban J connectivity index is 1.41. The van der Waals surface area contributed by atoms with E-state index in [9.17, 15) is 13.2 Å². The molecule has 1 aliphatic heterocycles.